The lowest BCUT2D eigenvalue weighted by molar-refractivity contribution is -0.0821. The lowest BCUT2D eigenvalue weighted by Crippen LogP contribution is -2.44. The van der Waals surface area contributed by atoms with Crippen molar-refractivity contribution >= 4 is 0 Å². The molecule has 5 rings (SSSR count). The van der Waals surface area contributed by atoms with E-state index in [1.54, 1.807) is 13.3 Å². The van der Waals surface area contributed by atoms with E-state index in [1.165, 1.54) is 16.8 Å². The number of methoxy groups -OCH3 is 1. The first-order valence-corrected chi connectivity index (χ1v) is 10.1. The van der Waals surface area contributed by atoms with Gasteiger partial charge in [-0.3, -0.25) is 4.90 Å². The minimum Gasteiger partial charge on any atom is -0.481 e. The lowest BCUT2D eigenvalue weighted by atomic mass is 10.0. The second-order valence-corrected chi connectivity index (χ2v) is 8.12. The Kier molecular flexibility index (Phi) is 4.60. The molecule has 0 unspecified atom stereocenters. The van der Waals surface area contributed by atoms with Crippen LogP contribution in [-0.4, -0.2) is 45.2 Å². The molecule has 6 heteroatoms. The molecule has 6 nitrogen and oxygen atoms in total. The summed E-state index contributed by atoms with van der Waals surface area (Å²) in [6.07, 6.45) is 4.77. The van der Waals surface area contributed by atoms with Crippen molar-refractivity contribution in [2.24, 2.45) is 0 Å². The molecule has 0 aliphatic carbocycles. The van der Waals surface area contributed by atoms with Gasteiger partial charge in [-0.25, -0.2) is 9.97 Å². The van der Waals surface area contributed by atoms with Crippen molar-refractivity contribution in [3.8, 4) is 17.1 Å². The molecule has 0 amide bonds. The van der Waals surface area contributed by atoms with E-state index in [4.69, 9.17) is 9.47 Å². The molecule has 1 atom stereocenters. The second-order valence-electron chi connectivity index (χ2n) is 8.12. The standard InChI is InChI=1S/C23H26N4O2/c1-17-5-7-18(8-6-17)20-12-25-21-14-29-23(16-27(20)21)9-11-26(15-23)13-19-4-3-10-24-22(19)28-2/h3-8,10,12H,9,11,13-16H2,1-2H3/t23-/m0/s1. The highest BCUT2D eigenvalue weighted by atomic mass is 16.5. The zero-order valence-electron chi connectivity index (χ0n) is 17.0. The molecule has 2 aliphatic heterocycles. The minimum absolute atomic E-state index is 0.164. The number of nitrogens with zero attached hydrogens (tertiary/aromatic N) is 4. The monoisotopic (exact) mass is 390 g/mol. The molecule has 0 radical (unpaired) electrons. The first-order chi connectivity index (χ1) is 14.2. The Hall–Kier alpha value is -2.70. The fourth-order valence-electron chi connectivity index (χ4n) is 4.49. The van der Waals surface area contributed by atoms with Crippen LogP contribution in [0.1, 0.15) is 23.4 Å². The number of likely N-dealkylation sites (tertiary alicyclic amines) is 1. The number of hydrogen-bond acceptors (Lipinski definition) is 5. The van der Waals surface area contributed by atoms with Crippen LogP contribution in [0, 0.1) is 6.92 Å². The Morgan fingerprint density at radius 3 is 2.83 bits per heavy atom. The van der Waals surface area contributed by atoms with Crippen molar-refractivity contribution in [1.29, 1.82) is 0 Å². The summed E-state index contributed by atoms with van der Waals surface area (Å²) in [5.41, 5.74) is 4.61. The molecule has 0 bridgehead atoms. The molecule has 2 aromatic heterocycles. The van der Waals surface area contributed by atoms with Crippen LogP contribution in [0.2, 0.25) is 0 Å². The van der Waals surface area contributed by atoms with E-state index in [0.29, 0.717) is 12.5 Å². The molecule has 1 fully saturated rings. The van der Waals surface area contributed by atoms with Crippen molar-refractivity contribution in [3.63, 3.8) is 0 Å². The second kappa shape index (κ2) is 7.28. The van der Waals surface area contributed by atoms with Gasteiger partial charge in [-0.05, 0) is 25.0 Å². The van der Waals surface area contributed by atoms with Crippen LogP contribution >= 0.6 is 0 Å². The summed E-state index contributed by atoms with van der Waals surface area (Å²) in [7, 11) is 1.68. The van der Waals surface area contributed by atoms with Gasteiger partial charge in [-0.2, -0.15) is 0 Å². The normalized spacial score (nSPS) is 21.4. The zero-order valence-corrected chi connectivity index (χ0v) is 17.0. The van der Waals surface area contributed by atoms with Crippen LogP contribution in [0.5, 0.6) is 5.88 Å². The van der Waals surface area contributed by atoms with Crippen LogP contribution < -0.4 is 4.74 Å². The van der Waals surface area contributed by atoms with Crippen LogP contribution in [0.3, 0.4) is 0 Å². The van der Waals surface area contributed by atoms with E-state index in [2.05, 4.69) is 56.7 Å². The number of hydrogen-bond donors (Lipinski definition) is 0. The number of aromatic nitrogens is 3. The molecule has 1 aromatic carbocycles. The summed E-state index contributed by atoms with van der Waals surface area (Å²) in [5.74, 6) is 1.72. The number of imidazole rings is 1. The summed E-state index contributed by atoms with van der Waals surface area (Å²) < 4.78 is 14.1. The van der Waals surface area contributed by atoms with E-state index in [1.807, 2.05) is 12.3 Å². The predicted octanol–water partition coefficient (Wildman–Crippen LogP) is 3.44. The molecular formula is C23H26N4O2. The molecule has 4 heterocycles. The molecule has 1 saturated heterocycles. The average molecular weight is 390 g/mol. The van der Waals surface area contributed by atoms with Crippen molar-refractivity contribution in [2.45, 2.75) is 38.6 Å². The van der Waals surface area contributed by atoms with Crippen LogP contribution in [-0.2, 0) is 24.4 Å². The van der Waals surface area contributed by atoms with Crippen molar-refractivity contribution in [1.82, 2.24) is 19.4 Å². The highest BCUT2D eigenvalue weighted by Crippen LogP contribution is 2.36. The van der Waals surface area contributed by atoms with Crippen molar-refractivity contribution < 1.29 is 9.47 Å². The largest absolute Gasteiger partial charge is 0.481 e. The van der Waals surface area contributed by atoms with Gasteiger partial charge in [0.2, 0.25) is 5.88 Å². The molecule has 3 aromatic rings. The fraction of sp³-hybridized carbons (Fsp3) is 0.391. The Labute approximate surface area is 171 Å². The SMILES string of the molecule is COc1ncccc1CN1CC[C@]2(C1)Cn1c(-c3ccc(C)cc3)cnc1CO2. The zero-order chi connectivity index (χ0) is 19.8. The number of aryl methyl sites for hydroxylation is 1. The molecule has 2 aliphatic rings. The maximum absolute atomic E-state index is 6.37. The van der Waals surface area contributed by atoms with Gasteiger partial charge in [0, 0.05) is 31.4 Å². The number of rotatable bonds is 4. The van der Waals surface area contributed by atoms with E-state index in [9.17, 15) is 0 Å². The van der Waals surface area contributed by atoms with Crippen molar-refractivity contribution in [3.05, 3.63) is 65.7 Å². The first-order valence-electron chi connectivity index (χ1n) is 10.1. The first kappa shape index (κ1) is 18.3. The van der Waals surface area contributed by atoms with Gasteiger partial charge in [-0.1, -0.05) is 35.9 Å². The Bertz CT molecular complexity index is 1010. The molecule has 29 heavy (non-hydrogen) atoms. The lowest BCUT2D eigenvalue weighted by Gasteiger charge is -2.35. The summed E-state index contributed by atoms with van der Waals surface area (Å²) in [6.45, 7) is 6.24. The minimum atomic E-state index is -0.164. The van der Waals surface area contributed by atoms with Gasteiger partial charge in [0.1, 0.15) is 18.0 Å². The molecular weight excluding hydrogens is 364 g/mol. The third-order valence-corrected chi connectivity index (χ3v) is 6.07. The summed E-state index contributed by atoms with van der Waals surface area (Å²) >= 11 is 0. The number of pyridine rings is 1. The van der Waals surface area contributed by atoms with Gasteiger partial charge in [0.05, 0.1) is 25.5 Å². The van der Waals surface area contributed by atoms with E-state index < -0.39 is 0 Å². The third-order valence-electron chi connectivity index (χ3n) is 6.07. The van der Waals surface area contributed by atoms with E-state index in [0.717, 1.165) is 44.0 Å². The maximum Gasteiger partial charge on any atom is 0.217 e. The number of ether oxygens (including phenoxy) is 2. The smallest absolute Gasteiger partial charge is 0.217 e. The van der Waals surface area contributed by atoms with Crippen LogP contribution in [0.4, 0.5) is 0 Å². The van der Waals surface area contributed by atoms with E-state index in [-0.39, 0.29) is 5.60 Å². The number of fused-ring (bicyclic) bond motifs is 1. The number of benzene rings is 1. The van der Waals surface area contributed by atoms with Crippen LogP contribution in [0.15, 0.2) is 48.8 Å². The predicted molar refractivity (Wildman–Crippen MR) is 111 cm³/mol. The molecule has 150 valence electrons. The van der Waals surface area contributed by atoms with E-state index >= 15 is 0 Å². The highest BCUT2D eigenvalue weighted by Gasteiger charge is 2.43. The summed E-state index contributed by atoms with van der Waals surface area (Å²) in [6, 6.07) is 12.7. The van der Waals surface area contributed by atoms with Gasteiger partial charge in [-0.15, -0.1) is 0 Å². The Morgan fingerprint density at radius 2 is 2.00 bits per heavy atom. The highest BCUT2D eigenvalue weighted by molar-refractivity contribution is 5.60. The molecule has 1 spiro atoms. The fourth-order valence-corrected chi connectivity index (χ4v) is 4.49. The van der Waals surface area contributed by atoms with Crippen LogP contribution in [0.25, 0.3) is 11.3 Å². The third kappa shape index (κ3) is 3.43. The Balaban J connectivity index is 1.35. The molecule has 0 saturated carbocycles. The van der Waals surface area contributed by atoms with Gasteiger partial charge < -0.3 is 14.0 Å². The topological polar surface area (TPSA) is 52.4 Å². The van der Waals surface area contributed by atoms with Crippen molar-refractivity contribution in [2.75, 3.05) is 20.2 Å². The quantitative estimate of drug-likeness (QED) is 0.683. The Morgan fingerprint density at radius 1 is 1.14 bits per heavy atom. The van der Waals surface area contributed by atoms with Gasteiger partial charge in [0.15, 0.2) is 0 Å². The molecule has 0 N–H and O–H groups in total. The summed E-state index contributed by atoms with van der Waals surface area (Å²) in [5, 5.41) is 0. The van der Waals surface area contributed by atoms with Gasteiger partial charge >= 0.3 is 0 Å². The van der Waals surface area contributed by atoms with Gasteiger partial charge in [0.25, 0.3) is 0 Å². The average Bonchev–Trinajstić information content (AvgIpc) is 3.33. The maximum atomic E-state index is 6.37. The summed E-state index contributed by atoms with van der Waals surface area (Å²) in [4.78, 5) is 11.4.